The van der Waals surface area contributed by atoms with Gasteiger partial charge >= 0.3 is 0 Å². The van der Waals surface area contributed by atoms with Gasteiger partial charge in [0.05, 0.1) is 31.6 Å². The molecule has 0 amide bonds. The molecule has 132 valence electrons. The Labute approximate surface area is 148 Å². The van der Waals surface area contributed by atoms with E-state index in [9.17, 15) is 0 Å². The highest BCUT2D eigenvalue weighted by Crippen LogP contribution is 2.36. The van der Waals surface area contributed by atoms with Crippen molar-refractivity contribution in [2.75, 3.05) is 32.1 Å². The van der Waals surface area contributed by atoms with Crippen LogP contribution in [0.1, 0.15) is 18.4 Å². The van der Waals surface area contributed by atoms with E-state index in [-0.39, 0.29) is 5.60 Å². The molecule has 1 N–H and O–H groups in total. The summed E-state index contributed by atoms with van der Waals surface area (Å²) in [7, 11) is 1.70. The predicted octanol–water partition coefficient (Wildman–Crippen LogP) is 2.33. The number of ether oxygens (including phenoxy) is 2. The molecule has 0 unspecified atom stereocenters. The van der Waals surface area contributed by atoms with Gasteiger partial charge in [0.15, 0.2) is 0 Å². The van der Waals surface area contributed by atoms with E-state index >= 15 is 0 Å². The first-order valence-electron chi connectivity index (χ1n) is 8.76. The summed E-state index contributed by atoms with van der Waals surface area (Å²) in [6, 6.07) is 8.62. The summed E-state index contributed by atoms with van der Waals surface area (Å²) in [5, 5.41) is 3.44. The molecule has 2 atom stereocenters. The number of nitrogens with zero attached hydrogens (tertiary/aromatic N) is 3. The zero-order valence-electron chi connectivity index (χ0n) is 14.5. The molecule has 2 aliphatic heterocycles. The molecule has 25 heavy (non-hydrogen) atoms. The summed E-state index contributed by atoms with van der Waals surface area (Å²) < 4.78 is 11.4. The summed E-state index contributed by atoms with van der Waals surface area (Å²) in [6.07, 6.45) is 7.26. The molecule has 0 bridgehead atoms. The molecule has 6 nitrogen and oxygen atoms in total. The zero-order chi connectivity index (χ0) is 17.1. The van der Waals surface area contributed by atoms with Gasteiger partial charge in [0.25, 0.3) is 0 Å². The number of anilines is 1. The van der Waals surface area contributed by atoms with E-state index in [0.717, 1.165) is 50.7 Å². The minimum absolute atomic E-state index is 0.0215. The largest absolute Gasteiger partial charge is 0.497 e. The quantitative estimate of drug-likeness (QED) is 0.901. The smallest absolute Gasteiger partial charge is 0.144 e. The van der Waals surface area contributed by atoms with Gasteiger partial charge in [-0.2, -0.15) is 0 Å². The molecule has 2 fully saturated rings. The molecule has 2 aliphatic rings. The third kappa shape index (κ3) is 3.75. The lowest BCUT2D eigenvalue weighted by Crippen LogP contribution is -2.33. The molecular weight excluding hydrogens is 316 g/mol. The van der Waals surface area contributed by atoms with Crippen LogP contribution >= 0.6 is 0 Å². The van der Waals surface area contributed by atoms with Gasteiger partial charge in [-0.1, -0.05) is 12.1 Å². The van der Waals surface area contributed by atoms with E-state index < -0.39 is 0 Å². The predicted molar refractivity (Wildman–Crippen MR) is 95.6 cm³/mol. The number of rotatable bonds is 5. The van der Waals surface area contributed by atoms with Crippen molar-refractivity contribution in [3.05, 3.63) is 48.4 Å². The summed E-state index contributed by atoms with van der Waals surface area (Å²) in [5.41, 5.74) is 1.29. The SMILES string of the molecule is COc1ccc(CN2CC[C@@]3(C[C@H](Nc4cnccn4)CO3)C2)cc1. The number of benzene rings is 1. The van der Waals surface area contributed by atoms with Crippen LogP contribution in [-0.4, -0.2) is 53.3 Å². The van der Waals surface area contributed by atoms with Gasteiger partial charge in [-0.25, -0.2) is 4.98 Å². The third-order valence-corrected chi connectivity index (χ3v) is 5.08. The second kappa shape index (κ2) is 6.98. The maximum absolute atomic E-state index is 6.22. The van der Waals surface area contributed by atoms with Crippen LogP contribution in [0.3, 0.4) is 0 Å². The normalized spacial score (nSPS) is 26.2. The first-order valence-corrected chi connectivity index (χ1v) is 8.76. The molecule has 1 spiro atoms. The molecule has 1 aromatic carbocycles. The number of hydrogen-bond donors (Lipinski definition) is 1. The van der Waals surface area contributed by atoms with Crippen molar-refractivity contribution in [3.8, 4) is 5.75 Å². The highest BCUT2D eigenvalue weighted by molar-refractivity contribution is 5.32. The maximum atomic E-state index is 6.22. The van der Waals surface area contributed by atoms with E-state index in [2.05, 4.69) is 32.3 Å². The molecule has 2 aromatic rings. The number of aromatic nitrogens is 2. The van der Waals surface area contributed by atoms with Gasteiger partial charge in [0.1, 0.15) is 11.6 Å². The van der Waals surface area contributed by atoms with Crippen molar-refractivity contribution in [2.24, 2.45) is 0 Å². The Morgan fingerprint density at radius 3 is 2.96 bits per heavy atom. The lowest BCUT2D eigenvalue weighted by atomic mass is 9.97. The lowest BCUT2D eigenvalue weighted by molar-refractivity contribution is 0.0120. The third-order valence-electron chi connectivity index (χ3n) is 5.08. The molecule has 6 heteroatoms. The zero-order valence-corrected chi connectivity index (χ0v) is 14.5. The van der Waals surface area contributed by atoms with Crippen LogP contribution in [0, 0.1) is 0 Å². The maximum Gasteiger partial charge on any atom is 0.144 e. The Hall–Kier alpha value is -2.18. The van der Waals surface area contributed by atoms with E-state index in [1.54, 1.807) is 25.7 Å². The standard InChI is InChI=1S/C19H24N4O2/c1-24-17-4-2-15(3-5-17)12-23-9-6-19(14-23)10-16(13-25-19)22-18-11-20-7-8-21-18/h2-5,7-8,11,16H,6,9-10,12-14H2,1H3,(H,21,22)/t16-,19+/m0/s1. The van der Waals surface area contributed by atoms with Gasteiger partial charge in [-0.05, 0) is 24.1 Å². The van der Waals surface area contributed by atoms with Gasteiger partial charge in [0, 0.05) is 38.4 Å². The van der Waals surface area contributed by atoms with Crippen LogP contribution in [0.5, 0.6) is 5.75 Å². The Morgan fingerprint density at radius 2 is 2.20 bits per heavy atom. The Bertz CT molecular complexity index is 694. The second-order valence-electron chi connectivity index (χ2n) is 6.94. The Morgan fingerprint density at radius 1 is 1.32 bits per heavy atom. The van der Waals surface area contributed by atoms with E-state index in [1.807, 2.05) is 12.1 Å². The monoisotopic (exact) mass is 340 g/mol. The van der Waals surface area contributed by atoms with Crippen LogP contribution in [0.4, 0.5) is 5.82 Å². The van der Waals surface area contributed by atoms with Gasteiger partial charge in [-0.3, -0.25) is 9.88 Å². The summed E-state index contributed by atoms with van der Waals surface area (Å²) >= 11 is 0. The van der Waals surface area contributed by atoms with Gasteiger partial charge in [-0.15, -0.1) is 0 Å². The summed E-state index contributed by atoms with van der Waals surface area (Å²) in [6.45, 7) is 3.74. The van der Waals surface area contributed by atoms with E-state index in [4.69, 9.17) is 9.47 Å². The van der Waals surface area contributed by atoms with Crippen molar-refractivity contribution in [3.63, 3.8) is 0 Å². The first-order chi connectivity index (χ1) is 12.2. The van der Waals surface area contributed by atoms with Crippen LogP contribution in [0.15, 0.2) is 42.9 Å². The van der Waals surface area contributed by atoms with E-state index in [0.29, 0.717) is 6.04 Å². The minimum Gasteiger partial charge on any atom is -0.497 e. The van der Waals surface area contributed by atoms with Crippen molar-refractivity contribution >= 4 is 5.82 Å². The lowest BCUT2D eigenvalue weighted by Gasteiger charge is -2.23. The van der Waals surface area contributed by atoms with Crippen molar-refractivity contribution < 1.29 is 9.47 Å². The minimum atomic E-state index is -0.0215. The molecule has 1 aromatic heterocycles. The fourth-order valence-corrected chi connectivity index (χ4v) is 3.86. The second-order valence-corrected chi connectivity index (χ2v) is 6.94. The highest BCUT2D eigenvalue weighted by atomic mass is 16.5. The first kappa shape index (κ1) is 16.3. The van der Waals surface area contributed by atoms with Crippen LogP contribution in [0.2, 0.25) is 0 Å². The molecule has 0 aliphatic carbocycles. The number of hydrogen-bond acceptors (Lipinski definition) is 6. The van der Waals surface area contributed by atoms with Gasteiger partial charge < -0.3 is 14.8 Å². The molecular formula is C19H24N4O2. The Balaban J connectivity index is 1.32. The van der Waals surface area contributed by atoms with Crippen molar-refractivity contribution in [1.29, 1.82) is 0 Å². The molecule has 2 saturated heterocycles. The average Bonchev–Trinajstić information content (AvgIpc) is 3.23. The topological polar surface area (TPSA) is 59.5 Å². The fourth-order valence-electron chi connectivity index (χ4n) is 3.86. The summed E-state index contributed by atoms with van der Waals surface area (Å²) in [4.78, 5) is 10.9. The number of methoxy groups -OCH3 is 1. The number of likely N-dealkylation sites (tertiary alicyclic amines) is 1. The molecule has 0 saturated carbocycles. The van der Waals surface area contributed by atoms with Crippen LogP contribution < -0.4 is 10.1 Å². The highest BCUT2D eigenvalue weighted by Gasteiger charge is 2.45. The number of nitrogens with one attached hydrogen (secondary N) is 1. The van der Waals surface area contributed by atoms with Crippen molar-refractivity contribution in [2.45, 2.75) is 31.0 Å². The fraction of sp³-hybridized carbons (Fsp3) is 0.474. The van der Waals surface area contributed by atoms with Crippen LogP contribution in [-0.2, 0) is 11.3 Å². The molecule has 4 rings (SSSR count). The Kier molecular flexibility index (Phi) is 4.55. The van der Waals surface area contributed by atoms with Crippen molar-refractivity contribution in [1.82, 2.24) is 14.9 Å². The average molecular weight is 340 g/mol. The summed E-state index contributed by atoms with van der Waals surface area (Å²) in [5.74, 6) is 1.72. The van der Waals surface area contributed by atoms with E-state index in [1.165, 1.54) is 5.56 Å². The molecule has 0 radical (unpaired) electrons. The molecule has 3 heterocycles. The van der Waals surface area contributed by atoms with Gasteiger partial charge in [0.2, 0.25) is 0 Å². The van der Waals surface area contributed by atoms with Crippen LogP contribution in [0.25, 0.3) is 0 Å².